The molecule has 9 heteroatoms. The number of hydrogen-bond donors (Lipinski definition) is 2. The first kappa shape index (κ1) is 14.6. The molecular weight excluding hydrogens is 305 g/mol. The number of hydrogen-bond acceptors (Lipinski definition) is 5. The summed E-state index contributed by atoms with van der Waals surface area (Å²) in [5, 5.41) is 15.5. The first-order valence-corrected chi connectivity index (χ1v) is 6.51. The van der Waals surface area contributed by atoms with Gasteiger partial charge in [-0.25, -0.2) is 14.2 Å². The van der Waals surface area contributed by atoms with Crippen LogP contribution in [0, 0.1) is 5.82 Å². The van der Waals surface area contributed by atoms with Crippen LogP contribution in [-0.4, -0.2) is 36.6 Å². The zero-order valence-corrected chi connectivity index (χ0v) is 11.6. The lowest BCUT2D eigenvalue weighted by Gasteiger charge is -2.06. The third-order valence-corrected chi connectivity index (χ3v) is 3.07. The first-order valence-electron chi connectivity index (χ1n) is 6.51. The fraction of sp³-hybridized carbons (Fsp3) is 0.0714. The Bertz CT molecular complexity index is 891. The molecule has 2 N–H and O–H groups in total. The lowest BCUT2D eigenvalue weighted by molar-refractivity contribution is 0.0687. The van der Waals surface area contributed by atoms with Crippen molar-refractivity contribution >= 4 is 17.7 Å². The van der Waals surface area contributed by atoms with Crippen LogP contribution in [0.5, 0.6) is 0 Å². The minimum atomic E-state index is -1.25. The Balaban J connectivity index is 1.83. The molecule has 0 saturated carbocycles. The highest BCUT2D eigenvalue weighted by molar-refractivity contribution is 5.95. The normalized spacial score (nSPS) is 10.7. The molecule has 0 fully saturated rings. The van der Waals surface area contributed by atoms with Gasteiger partial charge in [0.1, 0.15) is 17.8 Å². The van der Waals surface area contributed by atoms with E-state index in [4.69, 9.17) is 5.11 Å². The van der Waals surface area contributed by atoms with E-state index in [1.807, 2.05) is 0 Å². The van der Waals surface area contributed by atoms with Crippen molar-refractivity contribution in [1.82, 2.24) is 24.9 Å². The molecule has 2 heterocycles. The van der Waals surface area contributed by atoms with Crippen molar-refractivity contribution in [2.24, 2.45) is 0 Å². The zero-order chi connectivity index (χ0) is 16.4. The van der Waals surface area contributed by atoms with Crippen molar-refractivity contribution in [2.45, 2.75) is 6.54 Å². The number of aromatic carboxylic acids is 1. The van der Waals surface area contributed by atoms with E-state index in [1.54, 1.807) is 0 Å². The number of carbonyl (C=O) groups excluding carboxylic acids is 1. The minimum absolute atomic E-state index is 0.0110. The van der Waals surface area contributed by atoms with Gasteiger partial charge in [0.25, 0.3) is 11.7 Å². The predicted molar refractivity (Wildman–Crippen MR) is 75.3 cm³/mol. The fourth-order valence-corrected chi connectivity index (χ4v) is 1.96. The number of aromatic nitrogens is 4. The summed E-state index contributed by atoms with van der Waals surface area (Å²) in [6.07, 6.45) is 1.15. The summed E-state index contributed by atoms with van der Waals surface area (Å²) in [5.74, 6) is -2.18. The summed E-state index contributed by atoms with van der Waals surface area (Å²) in [4.78, 5) is 31.1. The number of nitrogens with zero attached hydrogens (tertiary/aromatic N) is 4. The van der Waals surface area contributed by atoms with E-state index in [0.717, 1.165) is 16.9 Å². The number of nitrogens with one attached hydrogen (secondary N) is 1. The number of amides is 1. The summed E-state index contributed by atoms with van der Waals surface area (Å²) in [7, 11) is 0. The van der Waals surface area contributed by atoms with Crippen LogP contribution >= 0.6 is 0 Å². The van der Waals surface area contributed by atoms with E-state index in [1.165, 1.54) is 24.3 Å². The summed E-state index contributed by atoms with van der Waals surface area (Å²) in [5.41, 5.74) is 0.381. The van der Waals surface area contributed by atoms with Crippen molar-refractivity contribution in [1.29, 1.82) is 0 Å². The van der Waals surface area contributed by atoms with Gasteiger partial charge in [0.15, 0.2) is 5.69 Å². The molecule has 0 saturated heterocycles. The maximum atomic E-state index is 12.8. The number of rotatable bonds is 4. The first-order chi connectivity index (χ1) is 11.0. The van der Waals surface area contributed by atoms with Crippen LogP contribution in [0.4, 0.5) is 4.39 Å². The van der Waals surface area contributed by atoms with Gasteiger partial charge in [-0.1, -0.05) is 12.1 Å². The van der Waals surface area contributed by atoms with E-state index < -0.39 is 11.9 Å². The molecule has 0 radical (unpaired) electrons. The number of benzene rings is 1. The van der Waals surface area contributed by atoms with Gasteiger partial charge >= 0.3 is 5.97 Å². The Kier molecular flexibility index (Phi) is 3.67. The molecule has 23 heavy (non-hydrogen) atoms. The molecule has 0 aliphatic carbocycles. The van der Waals surface area contributed by atoms with Gasteiger partial charge in [-0.2, -0.15) is 14.6 Å². The average molecular weight is 315 g/mol. The highest BCUT2D eigenvalue weighted by atomic mass is 19.1. The smallest absolute Gasteiger partial charge is 0.354 e. The highest BCUT2D eigenvalue weighted by Crippen LogP contribution is 2.07. The molecule has 1 aromatic carbocycles. The SMILES string of the molecule is O=C(NCc1ccc(F)cc1)c1cc(C(=O)O)n2ncnc2n1. The van der Waals surface area contributed by atoms with Crippen molar-refractivity contribution in [3.8, 4) is 0 Å². The van der Waals surface area contributed by atoms with E-state index in [-0.39, 0.29) is 29.5 Å². The topological polar surface area (TPSA) is 109 Å². The number of carboxylic acids is 1. The standard InChI is InChI=1S/C14H10FN5O3/c15-9-3-1-8(2-4-9)6-16-12(21)10-5-11(13(22)23)20-14(19-10)17-7-18-20/h1-5,7H,6H2,(H,16,21)(H,22,23). The lowest BCUT2D eigenvalue weighted by atomic mass is 10.2. The van der Waals surface area contributed by atoms with E-state index in [2.05, 4.69) is 20.4 Å². The zero-order valence-electron chi connectivity index (χ0n) is 11.6. The summed E-state index contributed by atoms with van der Waals surface area (Å²) < 4.78 is 13.8. The van der Waals surface area contributed by atoms with Crippen molar-refractivity contribution in [3.05, 3.63) is 59.4 Å². The summed E-state index contributed by atoms with van der Waals surface area (Å²) in [6.45, 7) is 0.154. The molecule has 3 rings (SSSR count). The summed E-state index contributed by atoms with van der Waals surface area (Å²) in [6, 6.07) is 6.75. The minimum Gasteiger partial charge on any atom is -0.477 e. The van der Waals surface area contributed by atoms with Crippen molar-refractivity contribution in [3.63, 3.8) is 0 Å². The Labute approximate surface area is 128 Å². The predicted octanol–water partition coefficient (Wildman–Crippen LogP) is 0.892. The second-order valence-electron chi connectivity index (χ2n) is 4.61. The quantitative estimate of drug-likeness (QED) is 0.740. The Morgan fingerprint density at radius 3 is 2.70 bits per heavy atom. The van der Waals surface area contributed by atoms with Crippen LogP contribution in [0.3, 0.4) is 0 Å². The monoisotopic (exact) mass is 315 g/mol. The maximum absolute atomic E-state index is 12.8. The fourth-order valence-electron chi connectivity index (χ4n) is 1.96. The van der Waals surface area contributed by atoms with Crippen LogP contribution in [0.1, 0.15) is 26.5 Å². The molecule has 116 valence electrons. The largest absolute Gasteiger partial charge is 0.477 e. The van der Waals surface area contributed by atoms with Gasteiger partial charge in [-0.15, -0.1) is 0 Å². The molecule has 8 nitrogen and oxygen atoms in total. The van der Waals surface area contributed by atoms with Crippen molar-refractivity contribution in [2.75, 3.05) is 0 Å². The van der Waals surface area contributed by atoms with E-state index in [0.29, 0.717) is 5.56 Å². The van der Waals surface area contributed by atoms with Crippen molar-refractivity contribution < 1.29 is 19.1 Å². The third-order valence-electron chi connectivity index (χ3n) is 3.07. The molecule has 0 aliphatic heterocycles. The van der Waals surface area contributed by atoms with Crippen LogP contribution in [0.25, 0.3) is 5.78 Å². The Hall–Kier alpha value is -3.36. The Morgan fingerprint density at radius 2 is 2.00 bits per heavy atom. The average Bonchev–Trinajstić information content (AvgIpc) is 3.01. The lowest BCUT2D eigenvalue weighted by Crippen LogP contribution is -2.25. The van der Waals surface area contributed by atoms with E-state index >= 15 is 0 Å². The number of halogens is 1. The van der Waals surface area contributed by atoms with Crippen LogP contribution < -0.4 is 5.32 Å². The van der Waals surface area contributed by atoms with Gasteiger partial charge in [0.05, 0.1) is 0 Å². The Morgan fingerprint density at radius 1 is 1.26 bits per heavy atom. The molecule has 0 atom stereocenters. The number of fused-ring (bicyclic) bond motifs is 1. The molecular formula is C14H10FN5O3. The van der Waals surface area contributed by atoms with E-state index in [9.17, 15) is 14.0 Å². The second kappa shape index (κ2) is 5.79. The highest BCUT2D eigenvalue weighted by Gasteiger charge is 2.17. The number of carbonyl (C=O) groups is 2. The van der Waals surface area contributed by atoms with Crippen LogP contribution in [0.2, 0.25) is 0 Å². The summed E-state index contributed by atoms with van der Waals surface area (Å²) >= 11 is 0. The maximum Gasteiger partial charge on any atom is 0.354 e. The molecule has 2 aromatic heterocycles. The van der Waals surface area contributed by atoms with Gasteiger partial charge in [0.2, 0.25) is 0 Å². The van der Waals surface area contributed by atoms with Crippen LogP contribution in [0.15, 0.2) is 36.7 Å². The van der Waals surface area contributed by atoms with Gasteiger partial charge in [-0.05, 0) is 17.7 Å². The second-order valence-corrected chi connectivity index (χ2v) is 4.61. The van der Waals surface area contributed by atoms with Gasteiger partial charge in [-0.3, -0.25) is 4.79 Å². The molecule has 1 amide bonds. The van der Waals surface area contributed by atoms with Gasteiger partial charge in [0, 0.05) is 12.6 Å². The molecule has 0 bridgehead atoms. The van der Waals surface area contributed by atoms with Gasteiger partial charge < -0.3 is 10.4 Å². The van der Waals surface area contributed by atoms with Crippen LogP contribution in [-0.2, 0) is 6.54 Å². The molecule has 0 aliphatic rings. The molecule has 0 unspecified atom stereocenters. The molecule has 0 spiro atoms. The number of carboxylic acid groups (broad SMARTS) is 1. The molecule has 3 aromatic rings. The third kappa shape index (κ3) is 2.98.